The number of nitrogens with zero attached hydrogens (tertiary/aromatic N) is 5. The second-order valence-corrected chi connectivity index (χ2v) is 10.3. The summed E-state index contributed by atoms with van der Waals surface area (Å²) < 4.78 is 29.1. The summed E-state index contributed by atoms with van der Waals surface area (Å²) in [6.45, 7) is 1.70. The van der Waals surface area contributed by atoms with E-state index in [-0.39, 0.29) is 35.7 Å². The number of nitrogens with two attached hydrogens (primary N) is 1. The first-order valence-electron chi connectivity index (χ1n) is 10.7. The van der Waals surface area contributed by atoms with Crippen LogP contribution >= 0.6 is 15.9 Å². The Morgan fingerprint density at radius 3 is 2.91 bits per heavy atom. The van der Waals surface area contributed by atoms with E-state index < -0.39 is 22.3 Å². The minimum atomic E-state index is -4.10. The Morgan fingerprint density at radius 1 is 1.37 bits per heavy atom. The minimum Gasteiger partial charge on any atom is -0.393 e. The number of carbonyl (C=O) groups excluding carboxylic acids is 1. The summed E-state index contributed by atoms with van der Waals surface area (Å²) in [4.78, 5) is 25.9. The molecule has 1 aliphatic rings. The van der Waals surface area contributed by atoms with Gasteiger partial charge in [0, 0.05) is 24.4 Å². The second kappa shape index (κ2) is 10.5. The molecule has 35 heavy (non-hydrogen) atoms. The summed E-state index contributed by atoms with van der Waals surface area (Å²) >= 11 is 3.36. The number of aliphatic hydroxyl groups excluding tert-OH is 1. The predicted octanol–water partition coefficient (Wildman–Crippen LogP) is 1.44. The molecule has 0 unspecified atom stereocenters. The zero-order valence-electron chi connectivity index (χ0n) is 18.7. The van der Waals surface area contributed by atoms with Gasteiger partial charge in [0.15, 0.2) is 0 Å². The van der Waals surface area contributed by atoms with Crippen LogP contribution in [0, 0.1) is 5.92 Å². The number of halogens is 1. The Hall–Kier alpha value is -2.78. The van der Waals surface area contributed by atoms with Gasteiger partial charge >= 0.3 is 10.3 Å². The number of rotatable bonds is 9. The fraction of sp³-hybridized carbons (Fsp3) is 0.381. The lowest BCUT2D eigenvalue weighted by Gasteiger charge is -2.15. The van der Waals surface area contributed by atoms with Crippen molar-refractivity contribution in [1.29, 1.82) is 0 Å². The summed E-state index contributed by atoms with van der Waals surface area (Å²) in [5, 5.41) is 22.8. The number of ketones is 1. The summed E-state index contributed by atoms with van der Waals surface area (Å²) in [7, 11) is -4.10. The highest BCUT2D eigenvalue weighted by Crippen LogP contribution is 2.30. The van der Waals surface area contributed by atoms with E-state index in [0.717, 1.165) is 5.69 Å². The van der Waals surface area contributed by atoms with Crippen molar-refractivity contribution in [2.75, 3.05) is 11.9 Å². The van der Waals surface area contributed by atoms with E-state index in [1.165, 1.54) is 12.5 Å². The molecule has 1 aliphatic carbocycles. The number of pyridine rings is 1. The molecule has 12 nitrogen and oxygen atoms in total. The van der Waals surface area contributed by atoms with Crippen LogP contribution in [0.25, 0.3) is 0 Å². The van der Waals surface area contributed by atoms with E-state index in [9.17, 15) is 18.3 Å². The molecule has 3 aromatic heterocycles. The van der Waals surface area contributed by atoms with Crippen molar-refractivity contribution in [3.63, 3.8) is 0 Å². The van der Waals surface area contributed by atoms with Gasteiger partial charge in [0.2, 0.25) is 5.78 Å². The van der Waals surface area contributed by atoms with Crippen molar-refractivity contribution in [2.24, 2.45) is 11.1 Å². The first kappa shape index (κ1) is 25.3. The summed E-state index contributed by atoms with van der Waals surface area (Å²) in [6, 6.07) is 6.74. The smallest absolute Gasteiger partial charge is 0.333 e. The van der Waals surface area contributed by atoms with Crippen LogP contribution in [0.3, 0.4) is 0 Å². The number of aliphatic hydroxyl groups is 1. The third-order valence-corrected chi connectivity index (χ3v) is 6.71. The lowest BCUT2D eigenvalue weighted by Crippen LogP contribution is -2.24. The Kier molecular flexibility index (Phi) is 7.56. The normalized spacial score (nSPS) is 21.1. The third kappa shape index (κ3) is 6.27. The van der Waals surface area contributed by atoms with Gasteiger partial charge in [-0.05, 0) is 53.9 Å². The van der Waals surface area contributed by atoms with E-state index in [4.69, 9.17) is 5.14 Å². The van der Waals surface area contributed by atoms with Gasteiger partial charge in [-0.2, -0.15) is 13.5 Å². The van der Waals surface area contributed by atoms with Crippen molar-refractivity contribution >= 4 is 37.8 Å². The molecule has 4 atom stereocenters. The number of aromatic nitrogens is 5. The van der Waals surface area contributed by atoms with Crippen LogP contribution in [0.15, 0.2) is 47.6 Å². The molecular formula is C21H24BrN7O5S. The monoisotopic (exact) mass is 565 g/mol. The molecule has 0 aromatic carbocycles. The maximum absolute atomic E-state index is 13.2. The molecule has 3 heterocycles. The lowest BCUT2D eigenvalue weighted by molar-refractivity contribution is 0.101. The minimum absolute atomic E-state index is 0.199. The van der Waals surface area contributed by atoms with Crippen molar-refractivity contribution in [2.45, 2.75) is 38.0 Å². The van der Waals surface area contributed by atoms with Crippen LogP contribution in [0.2, 0.25) is 0 Å². The van der Waals surface area contributed by atoms with Crippen LogP contribution < -0.4 is 10.5 Å². The highest BCUT2D eigenvalue weighted by atomic mass is 79.9. The fourth-order valence-corrected chi connectivity index (χ4v) is 4.71. The zero-order chi connectivity index (χ0) is 25.2. The van der Waals surface area contributed by atoms with Crippen molar-refractivity contribution in [3.8, 4) is 0 Å². The Balaban J connectivity index is 1.47. The zero-order valence-corrected chi connectivity index (χ0v) is 21.1. The van der Waals surface area contributed by atoms with Crippen LogP contribution in [0.5, 0.6) is 0 Å². The van der Waals surface area contributed by atoms with Gasteiger partial charge < -0.3 is 10.4 Å². The quantitative estimate of drug-likeness (QED) is 0.254. The first-order valence-corrected chi connectivity index (χ1v) is 13.0. The van der Waals surface area contributed by atoms with E-state index >= 15 is 0 Å². The molecule has 0 bridgehead atoms. The maximum atomic E-state index is 13.2. The van der Waals surface area contributed by atoms with Gasteiger partial charge in [-0.25, -0.2) is 20.1 Å². The number of hydrogen-bond donors (Lipinski definition) is 3. The van der Waals surface area contributed by atoms with Crippen molar-refractivity contribution < 1.29 is 22.5 Å². The third-order valence-electron chi connectivity index (χ3n) is 5.80. The Bertz CT molecular complexity index is 1320. The largest absolute Gasteiger partial charge is 0.393 e. The van der Waals surface area contributed by atoms with Gasteiger partial charge in [-0.3, -0.25) is 13.7 Å². The molecule has 4 rings (SSSR count). The Labute approximate surface area is 210 Å². The van der Waals surface area contributed by atoms with Crippen molar-refractivity contribution in [1.82, 2.24) is 24.7 Å². The predicted molar refractivity (Wildman–Crippen MR) is 129 cm³/mol. The van der Waals surface area contributed by atoms with Gasteiger partial charge in [-0.1, -0.05) is 6.07 Å². The van der Waals surface area contributed by atoms with Gasteiger partial charge in [-0.15, -0.1) is 0 Å². The van der Waals surface area contributed by atoms with Gasteiger partial charge in [0.1, 0.15) is 22.4 Å². The number of nitrogens with one attached hydrogen (secondary N) is 1. The van der Waals surface area contributed by atoms with E-state index in [0.29, 0.717) is 23.3 Å². The molecule has 3 aromatic rings. The van der Waals surface area contributed by atoms with E-state index in [2.05, 4.69) is 45.5 Å². The van der Waals surface area contributed by atoms with Crippen LogP contribution in [-0.4, -0.2) is 62.8 Å². The molecule has 186 valence electrons. The summed E-state index contributed by atoms with van der Waals surface area (Å²) in [5.41, 5.74) is 1.23. The van der Waals surface area contributed by atoms with Crippen LogP contribution in [-0.2, 0) is 14.5 Å². The number of hydrogen-bond acceptors (Lipinski definition) is 10. The first-order chi connectivity index (χ1) is 16.6. The second-order valence-electron chi connectivity index (χ2n) is 8.27. The highest BCUT2D eigenvalue weighted by molar-refractivity contribution is 9.10. The van der Waals surface area contributed by atoms with Crippen molar-refractivity contribution in [3.05, 3.63) is 64.5 Å². The molecule has 1 fully saturated rings. The molecule has 4 N–H and O–H groups in total. The summed E-state index contributed by atoms with van der Waals surface area (Å²) in [5.74, 6) is -0.504. The van der Waals surface area contributed by atoms with Gasteiger partial charge in [0.25, 0.3) is 0 Å². The molecule has 1 saturated carbocycles. The van der Waals surface area contributed by atoms with Crippen LogP contribution in [0.4, 0.5) is 5.82 Å². The molecule has 0 saturated heterocycles. The molecular weight excluding hydrogens is 542 g/mol. The van der Waals surface area contributed by atoms with E-state index in [1.807, 2.05) is 25.1 Å². The topological polar surface area (TPSA) is 175 Å². The lowest BCUT2D eigenvalue weighted by atomic mass is 10.1. The van der Waals surface area contributed by atoms with E-state index in [1.54, 1.807) is 16.9 Å². The molecule has 14 heteroatoms. The highest BCUT2D eigenvalue weighted by Gasteiger charge is 2.35. The standard InChI is InChI=1S/C21H24BrN7O5S/c1-12(16-3-2-4-19(22)27-16)29-6-5-17(28-29)20(31)15-9-24-11-25-21(15)26-14-7-13(18(30)8-14)10-34-35(23,32)33/h2-6,9,11-14,18,30H,7-8,10H2,1H3,(H2,23,32,33)(H,24,25,26)/t12-,13+,14+,18-/m0/s1. The maximum Gasteiger partial charge on any atom is 0.333 e. The molecule has 0 spiro atoms. The average molecular weight is 566 g/mol. The molecule has 0 amide bonds. The molecule has 0 radical (unpaired) electrons. The average Bonchev–Trinajstić information content (AvgIpc) is 3.43. The van der Waals surface area contributed by atoms with Gasteiger partial charge in [0.05, 0.1) is 30.0 Å². The number of carbonyl (C=O) groups is 1. The fourth-order valence-electron chi connectivity index (χ4n) is 3.99. The van der Waals surface area contributed by atoms with Crippen LogP contribution in [0.1, 0.15) is 47.6 Å². The SMILES string of the molecule is C[C@@H](c1cccc(Br)n1)n1ccc(C(=O)c2cncnc2N[C@@H]2C[C@H](COS(N)(=O)=O)[C@@H](O)C2)n1. The molecule has 0 aliphatic heterocycles. The summed E-state index contributed by atoms with van der Waals surface area (Å²) in [6.07, 6.45) is 4.36. The number of anilines is 1. The Morgan fingerprint density at radius 2 is 2.17 bits per heavy atom.